The maximum absolute atomic E-state index is 12.6. The Labute approximate surface area is 166 Å². The highest BCUT2D eigenvalue weighted by Gasteiger charge is 2.22. The van der Waals surface area contributed by atoms with E-state index in [-0.39, 0.29) is 23.7 Å². The normalized spacial score (nSPS) is 10.2. The Bertz CT molecular complexity index is 1070. The minimum absolute atomic E-state index is 0.0417. The number of pyridine rings is 1. The van der Waals surface area contributed by atoms with Crippen LogP contribution in [0.15, 0.2) is 66.9 Å². The van der Waals surface area contributed by atoms with Crippen LogP contribution < -0.4 is 10.6 Å². The molecule has 1 heterocycles. The van der Waals surface area contributed by atoms with Gasteiger partial charge in [0.15, 0.2) is 0 Å². The molecule has 0 bridgehead atoms. The van der Waals surface area contributed by atoms with Gasteiger partial charge in [0, 0.05) is 23.0 Å². The van der Waals surface area contributed by atoms with Crippen molar-refractivity contribution in [3.05, 3.63) is 99.4 Å². The number of amides is 2. The number of nitro groups is 1. The third-order valence-corrected chi connectivity index (χ3v) is 4.20. The van der Waals surface area contributed by atoms with Crippen molar-refractivity contribution >= 4 is 23.2 Å². The van der Waals surface area contributed by atoms with E-state index in [0.717, 1.165) is 5.69 Å². The first-order valence-electron chi connectivity index (χ1n) is 8.79. The number of benzene rings is 2. The summed E-state index contributed by atoms with van der Waals surface area (Å²) in [5.74, 6) is -0.945. The first-order chi connectivity index (χ1) is 14.0. The Morgan fingerprint density at radius 3 is 2.55 bits per heavy atom. The number of nitro benzene ring substituents is 1. The van der Waals surface area contributed by atoms with Crippen molar-refractivity contribution in [1.82, 2.24) is 10.3 Å². The van der Waals surface area contributed by atoms with Crippen molar-refractivity contribution in [1.29, 1.82) is 0 Å². The molecule has 8 nitrogen and oxygen atoms in total. The Balaban J connectivity index is 1.73. The predicted octanol–water partition coefficient (Wildman–Crippen LogP) is 3.48. The van der Waals surface area contributed by atoms with Crippen molar-refractivity contribution in [2.45, 2.75) is 13.5 Å². The lowest BCUT2D eigenvalue weighted by atomic mass is 10.1. The molecule has 3 rings (SSSR count). The molecule has 0 aliphatic heterocycles. The van der Waals surface area contributed by atoms with Crippen LogP contribution in [0, 0.1) is 17.0 Å². The van der Waals surface area contributed by atoms with Crippen molar-refractivity contribution in [3.8, 4) is 0 Å². The number of nitrogens with one attached hydrogen (secondary N) is 2. The molecule has 2 N–H and O–H groups in total. The van der Waals surface area contributed by atoms with Crippen LogP contribution >= 0.6 is 0 Å². The van der Waals surface area contributed by atoms with Crippen molar-refractivity contribution in [2.75, 3.05) is 5.32 Å². The monoisotopic (exact) mass is 390 g/mol. The summed E-state index contributed by atoms with van der Waals surface area (Å²) < 4.78 is 0. The molecule has 0 fully saturated rings. The van der Waals surface area contributed by atoms with E-state index >= 15 is 0 Å². The van der Waals surface area contributed by atoms with Crippen LogP contribution in [0.5, 0.6) is 0 Å². The van der Waals surface area contributed by atoms with Crippen LogP contribution in [-0.2, 0) is 6.54 Å². The van der Waals surface area contributed by atoms with Gasteiger partial charge in [-0.3, -0.25) is 24.7 Å². The fourth-order valence-electron chi connectivity index (χ4n) is 2.80. The Kier molecular flexibility index (Phi) is 5.94. The molecule has 146 valence electrons. The Hall–Kier alpha value is -4.07. The minimum atomic E-state index is -0.619. The lowest BCUT2D eigenvalue weighted by Gasteiger charge is -2.09. The number of anilines is 1. The molecule has 2 aromatic carbocycles. The van der Waals surface area contributed by atoms with E-state index in [4.69, 9.17) is 0 Å². The zero-order valence-electron chi connectivity index (χ0n) is 15.6. The average molecular weight is 390 g/mol. The summed E-state index contributed by atoms with van der Waals surface area (Å²) >= 11 is 0. The molecule has 1 aromatic heterocycles. The molecule has 0 saturated carbocycles. The van der Waals surface area contributed by atoms with Gasteiger partial charge in [-0.15, -0.1) is 0 Å². The van der Waals surface area contributed by atoms with Gasteiger partial charge in [0.05, 0.1) is 17.2 Å². The number of para-hydroxylation sites is 1. The van der Waals surface area contributed by atoms with E-state index in [1.54, 1.807) is 55.6 Å². The molecule has 0 radical (unpaired) electrons. The Morgan fingerprint density at radius 1 is 1.03 bits per heavy atom. The minimum Gasteiger partial charge on any atom is -0.346 e. The van der Waals surface area contributed by atoms with Crippen molar-refractivity contribution < 1.29 is 14.5 Å². The number of hydrogen-bond donors (Lipinski definition) is 2. The highest BCUT2D eigenvalue weighted by molar-refractivity contribution is 6.08. The number of carbonyl (C=O) groups is 2. The molecule has 0 saturated heterocycles. The van der Waals surface area contributed by atoms with E-state index in [9.17, 15) is 19.7 Å². The third-order valence-electron chi connectivity index (χ3n) is 4.20. The molecular formula is C21H18N4O4. The molecule has 8 heteroatoms. The summed E-state index contributed by atoms with van der Waals surface area (Å²) in [6.45, 7) is 1.84. The summed E-state index contributed by atoms with van der Waals surface area (Å²) in [4.78, 5) is 39.8. The lowest BCUT2D eigenvalue weighted by molar-refractivity contribution is -0.385. The van der Waals surface area contributed by atoms with Gasteiger partial charge in [-0.25, -0.2) is 0 Å². The molecule has 0 spiro atoms. The van der Waals surface area contributed by atoms with Gasteiger partial charge in [-0.05, 0) is 43.3 Å². The van der Waals surface area contributed by atoms with E-state index in [2.05, 4.69) is 15.6 Å². The second-order valence-corrected chi connectivity index (χ2v) is 6.27. The van der Waals surface area contributed by atoms with E-state index in [1.165, 1.54) is 12.1 Å². The van der Waals surface area contributed by atoms with E-state index < -0.39 is 10.8 Å². The number of rotatable bonds is 6. The smallest absolute Gasteiger partial charge is 0.285 e. The van der Waals surface area contributed by atoms with Gasteiger partial charge in [0.25, 0.3) is 17.5 Å². The van der Waals surface area contributed by atoms with Gasteiger partial charge in [0.1, 0.15) is 5.56 Å². The molecule has 0 aliphatic carbocycles. The zero-order chi connectivity index (χ0) is 20.8. The topological polar surface area (TPSA) is 114 Å². The standard InChI is InChI=1S/C21H18N4O4/c1-14-6-4-10-18(19(14)25(28)29)21(27)24-16-9-5-7-15(12-16)20(26)23-13-17-8-2-3-11-22-17/h2-12H,13H2,1H3,(H,23,26)(H,24,27). The van der Waals surface area contributed by atoms with Crippen LogP contribution in [0.3, 0.4) is 0 Å². The number of nitrogens with zero attached hydrogens (tertiary/aromatic N) is 2. The highest BCUT2D eigenvalue weighted by Crippen LogP contribution is 2.24. The summed E-state index contributed by atoms with van der Waals surface area (Å²) in [6, 6.07) is 16.3. The largest absolute Gasteiger partial charge is 0.346 e. The summed E-state index contributed by atoms with van der Waals surface area (Å²) in [6.07, 6.45) is 1.64. The van der Waals surface area contributed by atoms with Crippen LogP contribution in [0.25, 0.3) is 0 Å². The second-order valence-electron chi connectivity index (χ2n) is 6.27. The molecule has 3 aromatic rings. The first-order valence-corrected chi connectivity index (χ1v) is 8.79. The summed E-state index contributed by atoms with van der Waals surface area (Å²) in [5.41, 5.74) is 1.53. The van der Waals surface area contributed by atoms with Gasteiger partial charge >= 0.3 is 0 Å². The number of hydrogen-bond acceptors (Lipinski definition) is 5. The van der Waals surface area contributed by atoms with Gasteiger partial charge in [0.2, 0.25) is 0 Å². The van der Waals surface area contributed by atoms with Crippen LogP contribution in [0.2, 0.25) is 0 Å². The molecular weight excluding hydrogens is 372 g/mol. The fourth-order valence-corrected chi connectivity index (χ4v) is 2.80. The van der Waals surface area contributed by atoms with Crippen LogP contribution in [-0.4, -0.2) is 21.7 Å². The Morgan fingerprint density at radius 2 is 1.83 bits per heavy atom. The zero-order valence-corrected chi connectivity index (χ0v) is 15.6. The number of carbonyl (C=O) groups excluding carboxylic acids is 2. The van der Waals surface area contributed by atoms with E-state index in [1.807, 2.05) is 6.07 Å². The second kappa shape index (κ2) is 8.75. The van der Waals surface area contributed by atoms with Crippen molar-refractivity contribution in [2.24, 2.45) is 0 Å². The molecule has 0 unspecified atom stereocenters. The van der Waals surface area contributed by atoms with Gasteiger partial charge < -0.3 is 10.6 Å². The first kappa shape index (κ1) is 19.7. The van der Waals surface area contributed by atoms with Crippen LogP contribution in [0.1, 0.15) is 32.0 Å². The van der Waals surface area contributed by atoms with Crippen molar-refractivity contribution in [3.63, 3.8) is 0 Å². The molecule has 2 amide bonds. The maximum atomic E-state index is 12.6. The number of aromatic nitrogens is 1. The molecule has 0 aliphatic rings. The summed E-state index contributed by atoms with van der Waals surface area (Å²) in [5, 5.41) is 16.7. The summed E-state index contributed by atoms with van der Waals surface area (Å²) in [7, 11) is 0. The predicted molar refractivity (Wildman–Crippen MR) is 108 cm³/mol. The number of aryl methyl sites for hydroxylation is 1. The maximum Gasteiger partial charge on any atom is 0.285 e. The van der Waals surface area contributed by atoms with E-state index in [0.29, 0.717) is 16.8 Å². The highest BCUT2D eigenvalue weighted by atomic mass is 16.6. The van der Waals surface area contributed by atoms with Gasteiger partial charge in [-0.2, -0.15) is 0 Å². The molecule has 29 heavy (non-hydrogen) atoms. The fraction of sp³-hybridized carbons (Fsp3) is 0.0952. The van der Waals surface area contributed by atoms with Gasteiger partial charge in [-0.1, -0.05) is 24.3 Å². The SMILES string of the molecule is Cc1cccc(C(=O)Nc2cccc(C(=O)NCc3ccccn3)c2)c1[N+](=O)[O-]. The quantitative estimate of drug-likeness (QED) is 0.494. The third kappa shape index (κ3) is 4.81. The molecule has 0 atom stereocenters. The average Bonchev–Trinajstić information content (AvgIpc) is 2.72. The lowest BCUT2D eigenvalue weighted by Crippen LogP contribution is -2.23. The van der Waals surface area contributed by atoms with Crippen LogP contribution in [0.4, 0.5) is 11.4 Å².